The molecule has 1 aliphatic rings. The summed E-state index contributed by atoms with van der Waals surface area (Å²) < 4.78 is 125. The molecular weight excluding hydrogens is 1490 g/mol. The molecule has 5 rings (SSSR count). The Balaban J connectivity index is 0.00000184. The number of hydrogen-bond donors (Lipinski definition) is 12. The van der Waals surface area contributed by atoms with Crippen LogP contribution in [0.15, 0.2) is 53.8 Å². The molecule has 1 aliphatic heterocycles. The number of rotatable bonds is 46. The SMILES string of the molecule is Cc1cc(OCCCC(=O)NCCCOCCOCCOCCCNC(=O)[C@@H](CSOOO)NC(=O)CN2CCN(CC(=O)O)CCN(CC(=O)O)CCN(CC(=O)O)CC2)cc(C)c1S(=O)(=O)NC(CNC(=O)c1ccc2c(cnn2CCCNc2ncc[nH]2)c1)C(=O)O.O=C(C(=O)C(F)(F)F)C(F)(F)F. The first-order chi connectivity index (χ1) is 50.7. The number of alkyl halides is 6. The number of hydrogen-bond acceptors (Lipinski definition) is 27. The van der Waals surface area contributed by atoms with Gasteiger partial charge in [-0.25, -0.2) is 18.7 Å². The molecule has 4 aromatic rings. The number of halogens is 6. The fourth-order valence-electron chi connectivity index (χ4n) is 10.1. The van der Waals surface area contributed by atoms with Crippen molar-refractivity contribution in [3.05, 3.63) is 65.6 Å². The van der Waals surface area contributed by atoms with Crippen molar-refractivity contribution in [2.24, 2.45) is 0 Å². The van der Waals surface area contributed by atoms with E-state index in [9.17, 15) is 103 Å². The summed E-state index contributed by atoms with van der Waals surface area (Å²) in [5, 5.41) is 69.7. The van der Waals surface area contributed by atoms with E-state index in [1.165, 1.54) is 12.1 Å². The van der Waals surface area contributed by atoms with Gasteiger partial charge < -0.3 is 70.9 Å². The lowest BCUT2D eigenvalue weighted by Gasteiger charge is -2.33. The number of carbonyl (C=O) groups excluding carboxylic acids is 6. The van der Waals surface area contributed by atoms with Crippen LogP contribution in [0.5, 0.6) is 5.75 Å². The highest BCUT2D eigenvalue weighted by atomic mass is 32.2. The number of nitrogens with zero attached hydrogens (tertiary/aromatic N) is 7. The largest absolute Gasteiger partial charge is 0.494 e. The average molecular weight is 1580 g/mol. The Hall–Kier alpha value is -8.74. The van der Waals surface area contributed by atoms with Crippen molar-refractivity contribution in [3.63, 3.8) is 0 Å². The van der Waals surface area contributed by atoms with Crippen LogP contribution in [0.1, 0.15) is 53.6 Å². The Labute approximate surface area is 613 Å². The van der Waals surface area contributed by atoms with Crippen molar-refractivity contribution in [1.29, 1.82) is 0 Å². The van der Waals surface area contributed by atoms with Gasteiger partial charge in [0.25, 0.3) is 5.91 Å². The summed E-state index contributed by atoms with van der Waals surface area (Å²) in [4.78, 5) is 132. The maximum Gasteiger partial charge on any atom is 0.458 e. The molecule has 12 N–H and O–H groups in total. The summed E-state index contributed by atoms with van der Waals surface area (Å²) in [5.74, 6) is -12.7. The number of carboxylic acids is 4. The molecule has 0 spiro atoms. The van der Waals surface area contributed by atoms with Gasteiger partial charge in [0.2, 0.25) is 27.7 Å². The second-order valence-corrected chi connectivity index (χ2v) is 25.9. The van der Waals surface area contributed by atoms with Crippen LogP contribution >= 0.6 is 12.0 Å². The Morgan fingerprint density at radius 1 is 0.636 bits per heavy atom. The van der Waals surface area contributed by atoms with Gasteiger partial charge in [-0.1, -0.05) is 5.04 Å². The van der Waals surface area contributed by atoms with Crippen molar-refractivity contribution in [1.82, 2.24) is 65.3 Å². The summed E-state index contributed by atoms with van der Waals surface area (Å²) >= 11 is 0.558. The third-order valence-electron chi connectivity index (χ3n) is 15.2. The van der Waals surface area contributed by atoms with E-state index in [0.29, 0.717) is 99.0 Å². The molecule has 37 nitrogen and oxygen atoms in total. The molecule has 45 heteroatoms. The summed E-state index contributed by atoms with van der Waals surface area (Å²) in [6.45, 7) is 6.61. The molecular formula is C62H88F6N14O23S2. The average Bonchev–Trinajstić information content (AvgIpc) is 1.81. The number of nitrogens with one attached hydrogen (secondary N) is 7. The maximum absolute atomic E-state index is 13.6. The van der Waals surface area contributed by atoms with Crippen LogP contribution in [0.4, 0.5) is 32.3 Å². The molecule has 598 valence electrons. The van der Waals surface area contributed by atoms with E-state index < -0.39 is 94.2 Å². The third-order valence-corrected chi connectivity index (χ3v) is 17.6. The topological polar surface area (TPSA) is 493 Å². The van der Waals surface area contributed by atoms with E-state index >= 15 is 0 Å². The van der Waals surface area contributed by atoms with Crippen molar-refractivity contribution >= 4 is 98.0 Å². The fourth-order valence-corrected chi connectivity index (χ4v) is 12.2. The minimum absolute atomic E-state index is 0.138. The minimum atomic E-state index is -5.77. The highest BCUT2D eigenvalue weighted by Gasteiger charge is 2.54. The van der Waals surface area contributed by atoms with Crippen LogP contribution in [0, 0.1) is 13.8 Å². The number of benzene rings is 2. The second-order valence-electron chi connectivity index (χ2n) is 23.6. The number of carboxylic acid groups (broad SMARTS) is 4. The number of H-pyrrole nitrogens is 1. The molecule has 3 heterocycles. The van der Waals surface area contributed by atoms with Gasteiger partial charge in [0.05, 0.1) is 81.6 Å². The normalized spacial score (nSPS) is 14.4. The molecule has 0 bridgehead atoms. The summed E-state index contributed by atoms with van der Waals surface area (Å²) in [5.41, 5.74) is 1.62. The zero-order valence-corrected chi connectivity index (χ0v) is 59.9. The van der Waals surface area contributed by atoms with Crippen LogP contribution in [-0.2, 0) is 83.3 Å². The van der Waals surface area contributed by atoms with E-state index in [2.05, 4.69) is 55.7 Å². The van der Waals surface area contributed by atoms with Crippen molar-refractivity contribution in [2.75, 3.05) is 162 Å². The zero-order chi connectivity index (χ0) is 79.1. The molecule has 2 aromatic carbocycles. The number of fused-ring (bicyclic) bond motifs is 1. The van der Waals surface area contributed by atoms with E-state index in [1.54, 1.807) is 70.2 Å². The molecule has 107 heavy (non-hydrogen) atoms. The number of aromatic nitrogens is 4. The highest BCUT2D eigenvalue weighted by Crippen LogP contribution is 2.27. The van der Waals surface area contributed by atoms with Crippen molar-refractivity contribution < 1.29 is 137 Å². The molecule has 0 saturated carbocycles. The summed E-state index contributed by atoms with van der Waals surface area (Å²) in [6, 6.07) is 5.11. The molecule has 0 aliphatic carbocycles. The van der Waals surface area contributed by atoms with Crippen molar-refractivity contribution in [3.8, 4) is 5.75 Å². The Kier molecular flexibility index (Phi) is 39.9. The predicted octanol–water partition coefficient (Wildman–Crippen LogP) is 0.540. The number of sulfonamides is 1. The molecule has 1 saturated heterocycles. The maximum atomic E-state index is 13.6. The van der Waals surface area contributed by atoms with Gasteiger partial charge in [-0.15, -0.1) is 4.33 Å². The number of amides is 4. The first kappa shape index (κ1) is 90.7. The molecule has 4 amide bonds. The quantitative estimate of drug-likeness (QED) is 0.00717. The number of aliphatic carboxylic acids is 4. The lowest BCUT2D eigenvalue weighted by Crippen LogP contribution is -2.53. The van der Waals surface area contributed by atoms with Gasteiger partial charge in [-0.05, 0) is 81.0 Å². The van der Waals surface area contributed by atoms with Crippen LogP contribution in [0.2, 0.25) is 0 Å². The van der Waals surface area contributed by atoms with E-state index in [4.69, 9.17) is 24.2 Å². The number of Topliss-reactive ketones (excluding diaryl/α,β-unsaturated/α-hetero) is 2. The summed E-state index contributed by atoms with van der Waals surface area (Å²) in [6.07, 6.45) is -4.31. The van der Waals surface area contributed by atoms with Gasteiger partial charge in [0.1, 0.15) is 17.8 Å². The number of anilines is 1. The lowest BCUT2D eigenvalue weighted by molar-refractivity contribution is -0.432. The summed E-state index contributed by atoms with van der Waals surface area (Å²) in [7, 11) is -4.40. The first-order valence-electron chi connectivity index (χ1n) is 33.1. The fraction of sp³-hybridized carbons (Fsp3) is 0.581. The molecule has 1 unspecified atom stereocenters. The van der Waals surface area contributed by atoms with Gasteiger partial charge in [0, 0.05) is 140 Å². The smallest absolute Gasteiger partial charge is 0.458 e. The number of ketones is 2. The van der Waals surface area contributed by atoms with Crippen LogP contribution in [0.25, 0.3) is 10.9 Å². The van der Waals surface area contributed by atoms with Gasteiger partial charge in [0.15, 0.2) is 5.95 Å². The second kappa shape index (κ2) is 47.1. The van der Waals surface area contributed by atoms with Gasteiger partial charge in [-0.3, -0.25) is 72.2 Å². The van der Waals surface area contributed by atoms with E-state index in [0.717, 1.165) is 11.9 Å². The number of carbonyl (C=O) groups is 10. The Bertz CT molecular complexity index is 3560. The zero-order valence-electron chi connectivity index (χ0n) is 58.3. The lowest BCUT2D eigenvalue weighted by atomic mass is 10.1. The molecule has 2 aromatic heterocycles. The van der Waals surface area contributed by atoms with Crippen LogP contribution in [-0.4, -0.2) is 314 Å². The van der Waals surface area contributed by atoms with Crippen LogP contribution < -0.4 is 36.0 Å². The Morgan fingerprint density at radius 3 is 1.65 bits per heavy atom. The van der Waals surface area contributed by atoms with Gasteiger partial charge in [-0.2, -0.15) is 36.2 Å². The van der Waals surface area contributed by atoms with E-state index in [-0.39, 0.29) is 140 Å². The Morgan fingerprint density at radius 2 is 1.16 bits per heavy atom. The van der Waals surface area contributed by atoms with Gasteiger partial charge >= 0.3 is 47.8 Å². The number of imidazole rings is 1. The number of aromatic amines is 1. The van der Waals surface area contributed by atoms with Crippen molar-refractivity contribution in [2.45, 2.75) is 81.8 Å². The predicted molar refractivity (Wildman–Crippen MR) is 364 cm³/mol. The molecule has 2 atom stereocenters. The van der Waals surface area contributed by atoms with E-state index in [1.807, 2.05) is 4.68 Å². The minimum Gasteiger partial charge on any atom is -0.494 e. The number of ether oxygens (including phenoxy) is 4. The third kappa shape index (κ3) is 35.7. The number of aryl methyl sites for hydroxylation is 3. The first-order valence-corrected chi connectivity index (χ1v) is 35.5. The monoisotopic (exact) mass is 1570 g/mol. The highest BCUT2D eigenvalue weighted by molar-refractivity contribution is 7.94. The van der Waals surface area contributed by atoms with Crippen LogP contribution in [0.3, 0.4) is 0 Å². The molecule has 1 fully saturated rings. The molecule has 0 radical (unpaired) electrons. The standard InChI is InChI=1S/C58H88N14O21S2.C4F6O2/c1-41-31-45(32-42(2)54(41)95(86,87)67-46(57(83)84)35-64-55(81)43-8-9-48-44(33-43)34-65-72(48)15-4-10-61-58-62-13-14-63-58)91-26-3-7-49(73)59-11-5-24-88-27-29-90-30-28-89-25-6-12-60-56(82)47(40-94-93-92-85)66-50(74)36-68-16-18-69(37-51(75)76)20-22-71(39-53(79)80)23-21-70(19-17-68)38-52(77)78;5-3(6,7)1(11)2(12)4(8,9)10/h8-9,13-14,31-34,46-47,67,85H,3-7,10-12,15-30,35-40H2,1-2H3,(H,59,73)(H,60,82)(H,64,81)(H,66,74)(H,75,76)(H,77,78)(H,79,80)(H,83,84)(H2,61,62,63);/t46?,47-;/m1./s1.